The standard InChI is InChI=1S/C13H10FNO/c1-9-4-3-7-15-12(9)13(16)10-5-2-6-11(14)8-10/h2-8H,1H3. The minimum absolute atomic E-state index is 0.252. The van der Waals surface area contributed by atoms with Crippen molar-refractivity contribution in [1.82, 2.24) is 4.98 Å². The van der Waals surface area contributed by atoms with E-state index in [2.05, 4.69) is 4.98 Å². The number of carbonyl (C=O) groups excluding carboxylic acids is 1. The molecule has 0 fully saturated rings. The van der Waals surface area contributed by atoms with Crippen LogP contribution >= 0.6 is 0 Å². The van der Waals surface area contributed by atoms with Crippen molar-refractivity contribution in [2.24, 2.45) is 0 Å². The van der Waals surface area contributed by atoms with E-state index in [9.17, 15) is 9.18 Å². The van der Waals surface area contributed by atoms with Gasteiger partial charge < -0.3 is 0 Å². The van der Waals surface area contributed by atoms with Gasteiger partial charge in [0.1, 0.15) is 11.5 Å². The quantitative estimate of drug-likeness (QED) is 0.721. The summed E-state index contributed by atoms with van der Waals surface area (Å²) in [6.45, 7) is 1.81. The predicted octanol–water partition coefficient (Wildman–Crippen LogP) is 2.76. The van der Waals surface area contributed by atoms with Gasteiger partial charge in [-0.2, -0.15) is 0 Å². The molecule has 0 N–H and O–H groups in total. The molecule has 2 rings (SSSR count). The first-order valence-electron chi connectivity index (χ1n) is 4.90. The number of hydrogen-bond donors (Lipinski definition) is 0. The molecule has 1 aromatic carbocycles. The zero-order valence-corrected chi connectivity index (χ0v) is 8.77. The first-order chi connectivity index (χ1) is 7.68. The Balaban J connectivity index is 2.44. The van der Waals surface area contributed by atoms with Gasteiger partial charge >= 0.3 is 0 Å². The number of halogens is 1. The molecule has 0 bridgehead atoms. The average Bonchev–Trinajstić information content (AvgIpc) is 2.29. The molecule has 1 heterocycles. The Hall–Kier alpha value is -2.03. The first-order valence-corrected chi connectivity index (χ1v) is 4.90. The second-order valence-corrected chi connectivity index (χ2v) is 3.51. The van der Waals surface area contributed by atoms with Crippen molar-refractivity contribution in [1.29, 1.82) is 0 Å². The summed E-state index contributed by atoms with van der Waals surface area (Å²) in [5.74, 6) is -0.669. The molecule has 0 aliphatic carbocycles. The molecule has 3 heteroatoms. The van der Waals surface area contributed by atoms with E-state index in [1.165, 1.54) is 18.2 Å². The predicted molar refractivity (Wildman–Crippen MR) is 58.8 cm³/mol. The Morgan fingerprint density at radius 2 is 2.06 bits per heavy atom. The Kier molecular flexibility index (Phi) is 2.77. The Bertz CT molecular complexity index is 537. The van der Waals surface area contributed by atoms with Gasteiger partial charge in [0.15, 0.2) is 0 Å². The lowest BCUT2D eigenvalue weighted by atomic mass is 10.0. The van der Waals surface area contributed by atoms with Crippen LogP contribution in [0.5, 0.6) is 0 Å². The molecule has 0 atom stereocenters. The number of rotatable bonds is 2. The van der Waals surface area contributed by atoms with Crippen molar-refractivity contribution in [3.63, 3.8) is 0 Å². The van der Waals surface area contributed by atoms with Crippen molar-refractivity contribution >= 4 is 5.78 Å². The van der Waals surface area contributed by atoms with Crippen molar-refractivity contribution in [2.45, 2.75) is 6.92 Å². The van der Waals surface area contributed by atoms with E-state index in [1.54, 1.807) is 31.3 Å². The van der Waals surface area contributed by atoms with Crippen LogP contribution in [-0.2, 0) is 0 Å². The number of nitrogens with zero attached hydrogens (tertiary/aromatic N) is 1. The molecule has 0 saturated carbocycles. The lowest BCUT2D eigenvalue weighted by Crippen LogP contribution is -2.06. The molecule has 16 heavy (non-hydrogen) atoms. The largest absolute Gasteiger partial charge is 0.287 e. The van der Waals surface area contributed by atoms with Crippen LogP contribution in [0, 0.1) is 12.7 Å². The molecule has 0 spiro atoms. The monoisotopic (exact) mass is 215 g/mol. The highest BCUT2D eigenvalue weighted by molar-refractivity contribution is 6.08. The Morgan fingerprint density at radius 1 is 1.25 bits per heavy atom. The topological polar surface area (TPSA) is 30.0 Å². The van der Waals surface area contributed by atoms with Gasteiger partial charge in [-0.1, -0.05) is 18.2 Å². The maximum absolute atomic E-state index is 13.0. The van der Waals surface area contributed by atoms with E-state index in [0.717, 1.165) is 5.56 Å². The van der Waals surface area contributed by atoms with E-state index in [1.807, 2.05) is 0 Å². The van der Waals surface area contributed by atoms with E-state index >= 15 is 0 Å². The van der Waals surface area contributed by atoms with E-state index in [-0.39, 0.29) is 5.78 Å². The number of benzene rings is 1. The van der Waals surface area contributed by atoms with Gasteiger partial charge in [-0.05, 0) is 30.7 Å². The third-order valence-corrected chi connectivity index (χ3v) is 2.31. The number of aromatic nitrogens is 1. The molecule has 1 aromatic heterocycles. The maximum atomic E-state index is 13.0. The molecule has 0 amide bonds. The van der Waals surface area contributed by atoms with Gasteiger partial charge in [0.2, 0.25) is 5.78 Å². The number of aryl methyl sites for hydroxylation is 1. The molecule has 0 aliphatic heterocycles. The van der Waals surface area contributed by atoms with Gasteiger partial charge in [-0.3, -0.25) is 9.78 Å². The number of pyridine rings is 1. The van der Waals surface area contributed by atoms with Crippen LogP contribution in [0.25, 0.3) is 0 Å². The highest BCUT2D eigenvalue weighted by Crippen LogP contribution is 2.12. The summed E-state index contributed by atoms with van der Waals surface area (Å²) in [5, 5.41) is 0. The van der Waals surface area contributed by atoms with Gasteiger partial charge in [-0.15, -0.1) is 0 Å². The van der Waals surface area contributed by atoms with Crippen molar-refractivity contribution in [2.75, 3.05) is 0 Å². The third-order valence-electron chi connectivity index (χ3n) is 2.31. The molecular formula is C13H10FNO. The van der Waals surface area contributed by atoms with Crippen LogP contribution in [-0.4, -0.2) is 10.8 Å². The van der Waals surface area contributed by atoms with Crippen LogP contribution in [0.3, 0.4) is 0 Å². The SMILES string of the molecule is Cc1cccnc1C(=O)c1cccc(F)c1. The van der Waals surface area contributed by atoms with Gasteiger partial charge in [0, 0.05) is 11.8 Å². The summed E-state index contributed by atoms with van der Waals surface area (Å²) in [4.78, 5) is 16.0. The summed E-state index contributed by atoms with van der Waals surface area (Å²) in [6.07, 6.45) is 1.56. The second kappa shape index (κ2) is 4.23. The smallest absolute Gasteiger partial charge is 0.211 e. The van der Waals surface area contributed by atoms with Crippen LogP contribution in [0.2, 0.25) is 0 Å². The summed E-state index contributed by atoms with van der Waals surface area (Å²) in [5.41, 5.74) is 1.48. The Morgan fingerprint density at radius 3 is 2.75 bits per heavy atom. The second-order valence-electron chi connectivity index (χ2n) is 3.51. The van der Waals surface area contributed by atoms with Crippen LogP contribution < -0.4 is 0 Å². The third kappa shape index (κ3) is 1.98. The highest BCUT2D eigenvalue weighted by Gasteiger charge is 2.12. The molecule has 0 saturated heterocycles. The van der Waals surface area contributed by atoms with Gasteiger partial charge in [-0.25, -0.2) is 4.39 Å². The fourth-order valence-corrected chi connectivity index (χ4v) is 1.49. The maximum Gasteiger partial charge on any atom is 0.211 e. The zero-order chi connectivity index (χ0) is 11.5. The average molecular weight is 215 g/mol. The first kappa shape index (κ1) is 10.5. The van der Waals surface area contributed by atoms with Gasteiger partial charge in [0.25, 0.3) is 0 Å². The fourth-order valence-electron chi connectivity index (χ4n) is 1.49. The molecule has 0 unspecified atom stereocenters. The summed E-state index contributed by atoms with van der Waals surface area (Å²) in [7, 11) is 0. The summed E-state index contributed by atoms with van der Waals surface area (Å²) < 4.78 is 13.0. The lowest BCUT2D eigenvalue weighted by molar-refractivity contribution is 0.103. The fraction of sp³-hybridized carbons (Fsp3) is 0.0769. The van der Waals surface area contributed by atoms with Crippen LogP contribution in [0.4, 0.5) is 4.39 Å². The minimum Gasteiger partial charge on any atom is -0.287 e. The lowest BCUT2D eigenvalue weighted by Gasteiger charge is -2.03. The van der Waals surface area contributed by atoms with Crippen LogP contribution in [0.15, 0.2) is 42.6 Å². The summed E-state index contributed by atoms with van der Waals surface area (Å²) in [6, 6.07) is 9.19. The molecule has 0 radical (unpaired) electrons. The molecule has 0 aliphatic rings. The molecule has 2 nitrogen and oxygen atoms in total. The molecular weight excluding hydrogens is 205 g/mol. The zero-order valence-electron chi connectivity index (χ0n) is 8.77. The molecule has 2 aromatic rings. The van der Waals surface area contributed by atoms with Crippen molar-refractivity contribution in [3.05, 3.63) is 65.2 Å². The van der Waals surface area contributed by atoms with E-state index in [4.69, 9.17) is 0 Å². The Labute approximate surface area is 92.8 Å². The van der Waals surface area contributed by atoms with Gasteiger partial charge in [0.05, 0.1) is 0 Å². The summed E-state index contributed by atoms with van der Waals surface area (Å²) >= 11 is 0. The number of carbonyl (C=O) groups is 1. The molecule has 80 valence electrons. The highest BCUT2D eigenvalue weighted by atomic mass is 19.1. The van der Waals surface area contributed by atoms with E-state index in [0.29, 0.717) is 11.3 Å². The number of ketones is 1. The number of hydrogen-bond acceptors (Lipinski definition) is 2. The van der Waals surface area contributed by atoms with Crippen molar-refractivity contribution in [3.8, 4) is 0 Å². The minimum atomic E-state index is -0.417. The van der Waals surface area contributed by atoms with E-state index < -0.39 is 5.82 Å². The van der Waals surface area contributed by atoms with Crippen molar-refractivity contribution < 1.29 is 9.18 Å². The van der Waals surface area contributed by atoms with Crippen LogP contribution in [0.1, 0.15) is 21.6 Å². The normalized spacial score (nSPS) is 10.1.